The van der Waals surface area contributed by atoms with Gasteiger partial charge in [-0.2, -0.15) is 0 Å². The summed E-state index contributed by atoms with van der Waals surface area (Å²) in [7, 11) is 4.70. The molecule has 1 aromatic carbocycles. The first-order chi connectivity index (χ1) is 9.62. The van der Waals surface area contributed by atoms with Gasteiger partial charge in [-0.1, -0.05) is 6.07 Å². The van der Waals surface area contributed by atoms with E-state index in [9.17, 15) is 4.39 Å². The molecular weight excluding hydrogens is 261 g/mol. The molecule has 1 aromatic heterocycles. The molecule has 0 fully saturated rings. The molecule has 0 spiro atoms. The van der Waals surface area contributed by atoms with Crippen molar-refractivity contribution in [1.82, 2.24) is 9.97 Å². The zero-order valence-electron chi connectivity index (χ0n) is 11.8. The normalized spacial score (nSPS) is 10.2. The highest BCUT2D eigenvalue weighted by molar-refractivity contribution is 5.69. The zero-order chi connectivity index (χ0) is 14.7. The van der Waals surface area contributed by atoms with Gasteiger partial charge < -0.3 is 14.8 Å². The standard InChI is InChI=1S/C14H16FN3O2/c1-8-11(15)14(16-2)18-13(17-8)9-6-5-7-10(19-3)12(9)20-4/h5-7H,1-4H3,(H,16,17,18). The Labute approximate surface area is 116 Å². The Kier molecular flexibility index (Phi) is 4.02. The summed E-state index contributed by atoms with van der Waals surface area (Å²) in [5.74, 6) is 1.16. The third-order valence-corrected chi connectivity index (χ3v) is 2.90. The third-order valence-electron chi connectivity index (χ3n) is 2.90. The van der Waals surface area contributed by atoms with Crippen LogP contribution in [0.3, 0.4) is 0 Å². The molecule has 6 heteroatoms. The van der Waals surface area contributed by atoms with Crippen molar-refractivity contribution >= 4 is 5.82 Å². The number of benzene rings is 1. The second-order valence-electron chi connectivity index (χ2n) is 4.09. The van der Waals surface area contributed by atoms with E-state index in [4.69, 9.17) is 9.47 Å². The van der Waals surface area contributed by atoms with Crippen LogP contribution in [0.5, 0.6) is 11.5 Å². The second-order valence-corrected chi connectivity index (χ2v) is 4.09. The predicted molar refractivity (Wildman–Crippen MR) is 74.8 cm³/mol. The summed E-state index contributed by atoms with van der Waals surface area (Å²) in [6.45, 7) is 1.59. The summed E-state index contributed by atoms with van der Waals surface area (Å²) in [6.07, 6.45) is 0. The Balaban J connectivity index is 2.65. The van der Waals surface area contributed by atoms with Crippen molar-refractivity contribution in [3.05, 3.63) is 29.7 Å². The van der Waals surface area contributed by atoms with Crippen LogP contribution in [0.4, 0.5) is 10.2 Å². The summed E-state index contributed by atoms with van der Waals surface area (Å²) in [6, 6.07) is 5.38. The topological polar surface area (TPSA) is 56.3 Å². The molecule has 1 N–H and O–H groups in total. The van der Waals surface area contributed by atoms with Crippen LogP contribution in [0.15, 0.2) is 18.2 Å². The van der Waals surface area contributed by atoms with E-state index in [1.54, 1.807) is 39.3 Å². The number of methoxy groups -OCH3 is 2. The number of nitrogens with one attached hydrogen (secondary N) is 1. The van der Waals surface area contributed by atoms with E-state index in [1.165, 1.54) is 7.11 Å². The van der Waals surface area contributed by atoms with Crippen molar-refractivity contribution in [2.24, 2.45) is 0 Å². The number of halogens is 1. The Morgan fingerprint density at radius 1 is 1.15 bits per heavy atom. The molecule has 0 saturated heterocycles. The van der Waals surface area contributed by atoms with Gasteiger partial charge in [-0.3, -0.25) is 0 Å². The Morgan fingerprint density at radius 3 is 2.50 bits per heavy atom. The fourth-order valence-electron chi connectivity index (χ4n) is 1.91. The van der Waals surface area contributed by atoms with E-state index in [-0.39, 0.29) is 11.5 Å². The van der Waals surface area contributed by atoms with Crippen LogP contribution in [0.25, 0.3) is 11.4 Å². The van der Waals surface area contributed by atoms with Gasteiger partial charge in [0.15, 0.2) is 29.0 Å². The molecule has 0 aliphatic rings. The van der Waals surface area contributed by atoms with Gasteiger partial charge in [0.05, 0.1) is 25.5 Å². The molecule has 106 valence electrons. The number of ether oxygens (including phenoxy) is 2. The minimum Gasteiger partial charge on any atom is -0.493 e. The number of rotatable bonds is 4. The molecule has 0 saturated carbocycles. The van der Waals surface area contributed by atoms with Crippen molar-refractivity contribution in [2.75, 3.05) is 26.6 Å². The van der Waals surface area contributed by atoms with E-state index in [2.05, 4.69) is 15.3 Å². The van der Waals surface area contributed by atoms with Crippen molar-refractivity contribution in [2.45, 2.75) is 6.92 Å². The fourth-order valence-corrected chi connectivity index (χ4v) is 1.91. The van der Waals surface area contributed by atoms with E-state index in [0.29, 0.717) is 22.9 Å². The first-order valence-corrected chi connectivity index (χ1v) is 6.05. The maximum absolute atomic E-state index is 13.8. The zero-order valence-corrected chi connectivity index (χ0v) is 11.8. The molecule has 1 heterocycles. The van der Waals surface area contributed by atoms with Crippen LogP contribution in [-0.4, -0.2) is 31.2 Å². The maximum Gasteiger partial charge on any atom is 0.186 e. The number of hydrogen-bond acceptors (Lipinski definition) is 5. The van der Waals surface area contributed by atoms with Gasteiger partial charge in [-0.15, -0.1) is 0 Å². The highest BCUT2D eigenvalue weighted by atomic mass is 19.1. The molecule has 0 radical (unpaired) electrons. The van der Waals surface area contributed by atoms with E-state index in [1.807, 2.05) is 0 Å². The molecule has 0 aliphatic heterocycles. The Bertz CT molecular complexity index is 632. The van der Waals surface area contributed by atoms with Gasteiger partial charge >= 0.3 is 0 Å². The predicted octanol–water partition coefficient (Wildman–Crippen LogP) is 2.65. The molecule has 0 bridgehead atoms. The maximum atomic E-state index is 13.8. The quantitative estimate of drug-likeness (QED) is 0.931. The lowest BCUT2D eigenvalue weighted by Crippen LogP contribution is -2.04. The molecule has 0 atom stereocenters. The van der Waals surface area contributed by atoms with Gasteiger partial charge in [0.2, 0.25) is 0 Å². The first-order valence-electron chi connectivity index (χ1n) is 6.05. The van der Waals surface area contributed by atoms with Crippen LogP contribution in [0.1, 0.15) is 5.69 Å². The Morgan fingerprint density at radius 2 is 1.90 bits per heavy atom. The lowest BCUT2D eigenvalue weighted by atomic mass is 10.1. The van der Waals surface area contributed by atoms with Gasteiger partial charge in [0.25, 0.3) is 0 Å². The van der Waals surface area contributed by atoms with Crippen molar-refractivity contribution in [1.29, 1.82) is 0 Å². The molecule has 0 unspecified atom stereocenters. The van der Waals surface area contributed by atoms with E-state index < -0.39 is 5.82 Å². The molecule has 2 aromatic rings. The van der Waals surface area contributed by atoms with Crippen molar-refractivity contribution in [3.8, 4) is 22.9 Å². The van der Waals surface area contributed by atoms with Crippen LogP contribution in [-0.2, 0) is 0 Å². The van der Waals surface area contributed by atoms with E-state index >= 15 is 0 Å². The summed E-state index contributed by atoms with van der Waals surface area (Å²) in [4.78, 5) is 8.35. The number of hydrogen-bond donors (Lipinski definition) is 1. The molecule has 2 rings (SSSR count). The molecular formula is C14H16FN3O2. The average Bonchev–Trinajstić information content (AvgIpc) is 2.48. The van der Waals surface area contributed by atoms with Gasteiger partial charge in [0, 0.05) is 7.05 Å². The number of aromatic nitrogens is 2. The summed E-state index contributed by atoms with van der Waals surface area (Å²) in [5, 5.41) is 2.71. The van der Waals surface area contributed by atoms with Crippen molar-refractivity contribution in [3.63, 3.8) is 0 Å². The lowest BCUT2D eigenvalue weighted by Gasteiger charge is -2.13. The summed E-state index contributed by atoms with van der Waals surface area (Å²) in [5.41, 5.74) is 0.913. The summed E-state index contributed by atoms with van der Waals surface area (Å²) < 4.78 is 24.4. The summed E-state index contributed by atoms with van der Waals surface area (Å²) >= 11 is 0. The lowest BCUT2D eigenvalue weighted by molar-refractivity contribution is 0.356. The van der Waals surface area contributed by atoms with Gasteiger partial charge in [-0.25, -0.2) is 14.4 Å². The van der Waals surface area contributed by atoms with Crippen LogP contribution < -0.4 is 14.8 Å². The highest BCUT2D eigenvalue weighted by Crippen LogP contribution is 2.36. The average molecular weight is 277 g/mol. The van der Waals surface area contributed by atoms with Gasteiger partial charge in [-0.05, 0) is 19.1 Å². The monoisotopic (exact) mass is 277 g/mol. The van der Waals surface area contributed by atoms with E-state index in [0.717, 1.165) is 0 Å². The van der Waals surface area contributed by atoms with Gasteiger partial charge in [0.1, 0.15) is 0 Å². The Hall–Kier alpha value is -2.37. The largest absolute Gasteiger partial charge is 0.493 e. The fraction of sp³-hybridized carbons (Fsp3) is 0.286. The van der Waals surface area contributed by atoms with Crippen LogP contribution >= 0.6 is 0 Å². The molecule has 5 nitrogen and oxygen atoms in total. The first kappa shape index (κ1) is 14.0. The number of anilines is 1. The smallest absolute Gasteiger partial charge is 0.186 e. The third kappa shape index (κ3) is 2.36. The molecule has 0 aliphatic carbocycles. The second kappa shape index (κ2) is 5.73. The van der Waals surface area contributed by atoms with Crippen LogP contribution in [0.2, 0.25) is 0 Å². The highest BCUT2D eigenvalue weighted by Gasteiger charge is 2.17. The SMILES string of the molecule is CNc1nc(-c2cccc(OC)c2OC)nc(C)c1F. The molecule has 20 heavy (non-hydrogen) atoms. The number of nitrogens with zero attached hydrogens (tertiary/aromatic N) is 2. The minimum atomic E-state index is -0.460. The number of para-hydroxylation sites is 1. The van der Waals surface area contributed by atoms with Crippen LogP contribution in [0, 0.1) is 12.7 Å². The minimum absolute atomic E-state index is 0.150. The molecule has 0 amide bonds. The number of aryl methyl sites for hydroxylation is 1. The van der Waals surface area contributed by atoms with Crippen molar-refractivity contribution < 1.29 is 13.9 Å².